The lowest BCUT2D eigenvalue weighted by molar-refractivity contribution is 0.0946. The summed E-state index contributed by atoms with van der Waals surface area (Å²) in [6, 6.07) is 17.0. The Bertz CT molecular complexity index is 875. The van der Waals surface area contributed by atoms with Gasteiger partial charge >= 0.3 is 0 Å². The van der Waals surface area contributed by atoms with Crippen LogP contribution in [0.5, 0.6) is 5.75 Å². The fraction of sp³-hybridized carbons (Fsp3) is 0.238. The van der Waals surface area contributed by atoms with Crippen molar-refractivity contribution in [3.63, 3.8) is 0 Å². The van der Waals surface area contributed by atoms with Crippen molar-refractivity contribution in [2.75, 3.05) is 27.2 Å². The van der Waals surface area contributed by atoms with E-state index in [2.05, 4.69) is 10.4 Å². The number of hydrogen-bond donors (Lipinski definition) is 1. The highest BCUT2D eigenvalue weighted by atomic mass is 16.5. The van der Waals surface area contributed by atoms with Crippen molar-refractivity contribution in [1.29, 1.82) is 0 Å². The summed E-state index contributed by atoms with van der Waals surface area (Å²) in [5.41, 5.74) is 2.46. The van der Waals surface area contributed by atoms with Crippen molar-refractivity contribution in [1.82, 2.24) is 20.0 Å². The van der Waals surface area contributed by atoms with Gasteiger partial charge in [0.2, 0.25) is 0 Å². The number of hydrogen-bond acceptors (Lipinski definition) is 4. The Labute approximate surface area is 159 Å². The molecule has 0 atom stereocenters. The average molecular weight is 364 g/mol. The second-order valence-electron chi connectivity index (χ2n) is 6.41. The maximum Gasteiger partial charge on any atom is 0.255 e. The van der Waals surface area contributed by atoms with E-state index in [0.29, 0.717) is 24.5 Å². The van der Waals surface area contributed by atoms with Gasteiger partial charge in [-0.25, -0.2) is 4.68 Å². The van der Waals surface area contributed by atoms with Gasteiger partial charge < -0.3 is 15.0 Å². The second kappa shape index (κ2) is 9.00. The maximum atomic E-state index is 12.7. The number of benzene rings is 2. The molecule has 27 heavy (non-hydrogen) atoms. The van der Waals surface area contributed by atoms with Crippen LogP contribution in [0.3, 0.4) is 0 Å². The van der Waals surface area contributed by atoms with Gasteiger partial charge in [-0.3, -0.25) is 4.79 Å². The average Bonchev–Trinajstić information content (AvgIpc) is 3.21. The third-order valence-electron chi connectivity index (χ3n) is 4.11. The zero-order valence-corrected chi connectivity index (χ0v) is 15.6. The van der Waals surface area contributed by atoms with E-state index < -0.39 is 0 Å². The largest absolute Gasteiger partial charge is 0.491 e. The first-order valence-corrected chi connectivity index (χ1v) is 8.88. The lowest BCUT2D eigenvalue weighted by Crippen LogP contribution is -2.25. The molecule has 0 fully saturated rings. The van der Waals surface area contributed by atoms with E-state index in [4.69, 9.17) is 4.74 Å². The lowest BCUT2D eigenvalue weighted by Gasteiger charge is -2.14. The van der Waals surface area contributed by atoms with E-state index in [1.165, 1.54) is 0 Å². The predicted octanol–water partition coefficient (Wildman–Crippen LogP) is 2.74. The van der Waals surface area contributed by atoms with Gasteiger partial charge in [0, 0.05) is 25.5 Å². The summed E-state index contributed by atoms with van der Waals surface area (Å²) in [6.07, 6.45) is 3.62. The van der Waals surface area contributed by atoms with Gasteiger partial charge in [0.1, 0.15) is 12.4 Å². The Hall–Kier alpha value is -3.12. The van der Waals surface area contributed by atoms with Crippen molar-refractivity contribution < 1.29 is 9.53 Å². The molecule has 1 N–H and O–H groups in total. The Morgan fingerprint density at radius 3 is 2.67 bits per heavy atom. The van der Waals surface area contributed by atoms with E-state index in [0.717, 1.165) is 17.8 Å². The van der Waals surface area contributed by atoms with Crippen LogP contribution in [0.25, 0.3) is 5.69 Å². The molecule has 0 aliphatic heterocycles. The molecule has 0 saturated carbocycles. The number of ether oxygens (including phenoxy) is 1. The first-order valence-electron chi connectivity index (χ1n) is 8.88. The molecule has 0 bridgehead atoms. The Kier molecular flexibility index (Phi) is 6.22. The molecule has 0 radical (unpaired) electrons. The summed E-state index contributed by atoms with van der Waals surface area (Å²) < 4.78 is 7.58. The number of nitrogens with one attached hydrogen (secondary N) is 1. The van der Waals surface area contributed by atoms with E-state index in [-0.39, 0.29) is 5.91 Å². The van der Waals surface area contributed by atoms with Gasteiger partial charge in [-0.1, -0.05) is 30.3 Å². The number of rotatable bonds is 8. The molecule has 140 valence electrons. The van der Waals surface area contributed by atoms with Gasteiger partial charge in [-0.15, -0.1) is 0 Å². The van der Waals surface area contributed by atoms with Crippen LogP contribution in [0.1, 0.15) is 15.9 Å². The maximum absolute atomic E-state index is 12.7. The van der Waals surface area contributed by atoms with Crippen LogP contribution in [-0.4, -0.2) is 47.8 Å². The van der Waals surface area contributed by atoms with Gasteiger partial charge in [0.25, 0.3) is 5.91 Å². The van der Waals surface area contributed by atoms with Gasteiger partial charge in [0.05, 0.1) is 11.3 Å². The first kappa shape index (κ1) is 18.7. The molecule has 1 amide bonds. The van der Waals surface area contributed by atoms with E-state index in [1.54, 1.807) is 16.9 Å². The Morgan fingerprint density at radius 2 is 1.89 bits per heavy atom. The van der Waals surface area contributed by atoms with Crippen LogP contribution in [0.15, 0.2) is 67.0 Å². The fourth-order valence-corrected chi connectivity index (χ4v) is 2.68. The molecule has 2 aromatic carbocycles. The normalized spacial score (nSPS) is 10.8. The number of nitrogens with zero attached hydrogens (tertiary/aromatic N) is 3. The first-order chi connectivity index (χ1) is 13.1. The summed E-state index contributed by atoms with van der Waals surface area (Å²) in [4.78, 5) is 14.7. The highest BCUT2D eigenvalue weighted by molar-refractivity contribution is 5.96. The van der Waals surface area contributed by atoms with Crippen LogP contribution in [0.4, 0.5) is 0 Å². The molecule has 3 rings (SSSR count). The van der Waals surface area contributed by atoms with Crippen molar-refractivity contribution >= 4 is 5.91 Å². The SMILES string of the molecule is CN(C)CCOc1ccccc1C(=O)NCc1ccccc1-n1cccn1. The van der Waals surface area contributed by atoms with Crippen molar-refractivity contribution in [3.8, 4) is 11.4 Å². The number of para-hydroxylation sites is 2. The third kappa shape index (κ3) is 4.95. The van der Waals surface area contributed by atoms with Crippen molar-refractivity contribution in [2.24, 2.45) is 0 Å². The summed E-state index contributed by atoms with van der Waals surface area (Å²) in [5, 5.41) is 7.26. The summed E-state index contributed by atoms with van der Waals surface area (Å²) in [7, 11) is 3.97. The smallest absolute Gasteiger partial charge is 0.255 e. The number of carbonyl (C=O) groups is 1. The highest BCUT2D eigenvalue weighted by Crippen LogP contribution is 2.19. The number of aromatic nitrogens is 2. The van der Waals surface area contributed by atoms with E-state index in [9.17, 15) is 4.79 Å². The summed E-state index contributed by atoms with van der Waals surface area (Å²) >= 11 is 0. The summed E-state index contributed by atoms with van der Waals surface area (Å²) in [5.74, 6) is 0.433. The zero-order valence-electron chi connectivity index (χ0n) is 15.6. The predicted molar refractivity (Wildman–Crippen MR) is 105 cm³/mol. The third-order valence-corrected chi connectivity index (χ3v) is 4.11. The minimum atomic E-state index is -0.161. The minimum Gasteiger partial charge on any atom is -0.491 e. The molecular formula is C21H24N4O2. The fourth-order valence-electron chi connectivity index (χ4n) is 2.68. The molecule has 1 heterocycles. The van der Waals surface area contributed by atoms with E-state index in [1.807, 2.05) is 73.7 Å². The summed E-state index contributed by atoms with van der Waals surface area (Å²) in [6.45, 7) is 1.72. The van der Waals surface area contributed by atoms with Crippen LogP contribution in [0, 0.1) is 0 Å². The molecule has 0 saturated heterocycles. The quantitative estimate of drug-likeness (QED) is 0.668. The van der Waals surface area contributed by atoms with E-state index >= 15 is 0 Å². The van der Waals surface area contributed by atoms with Crippen LogP contribution >= 0.6 is 0 Å². The monoisotopic (exact) mass is 364 g/mol. The lowest BCUT2D eigenvalue weighted by atomic mass is 10.1. The van der Waals surface area contributed by atoms with Crippen LogP contribution in [0.2, 0.25) is 0 Å². The van der Waals surface area contributed by atoms with Crippen LogP contribution < -0.4 is 10.1 Å². The Morgan fingerprint density at radius 1 is 1.11 bits per heavy atom. The van der Waals surface area contributed by atoms with Crippen molar-refractivity contribution in [2.45, 2.75) is 6.54 Å². The Balaban J connectivity index is 1.69. The standard InChI is InChI=1S/C21H24N4O2/c1-24(2)14-15-27-20-11-6-4-9-18(20)21(26)22-16-17-8-3-5-10-19(17)25-13-7-12-23-25/h3-13H,14-16H2,1-2H3,(H,22,26). The van der Waals surface area contributed by atoms with Gasteiger partial charge in [-0.2, -0.15) is 5.10 Å². The number of amides is 1. The molecule has 0 unspecified atom stereocenters. The zero-order chi connectivity index (χ0) is 19.1. The topological polar surface area (TPSA) is 59.4 Å². The second-order valence-corrected chi connectivity index (χ2v) is 6.41. The minimum absolute atomic E-state index is 0.161. The molecule has 6 heteroatoms. The molecular weight excluding hydrogens is 340 g/mol. The molecule has 6 nitrogen and oxygen atoms in total. The van der Waals surface area contributed by atoms with Gasteiger partial charge in [-0.05, 0) is 43.9 Å². The number of carbonyl (C=O) groups excluding carboxylic acids is 1. The highest BCUT2D eigenvalue weighted by Gasteiger charge is 2.13. The van der Waals surface area contributed by atoms with Gasteiger partial charge in [0.15, 0.2) is 0 Å². The van der Waals surface area contributed by atoms with Crippen LogP contribution in [-0.2, 0) is 6.54 Å². The molecule has 0 aliphatic rings. The molecule has 3 aromatic rings. The number of likely N-dealkylation sites (N-methyl/N-ethyl adjacent to an activating group) is 1. The molecule has 1 aromatic heterocycles. The van der Waals surface area contributed by atoms with Crippen molar-refractivity contribution in [3.05, 3.63) is 78.1 Å². The molecule has 0 spiro atoms. The molecule has 0 aliphatic carbocycles.